The lowest BCUT2D eigenvalue weighted by Gasteiger charge is -2.38. The fourth-order valence-electron chi connectivity index (χ4n) is 4.40. The van der Waals surface area contributed by atoms with Gasteiger partial charge in [0.1, 0.15) is 11.6 Å². The third-order valence-electron chi connectivity index (χ3n) is 6.10. The first-order valence-electron chi connectivity index (χ1n) is 11.0. The average Bonchev–Trinajstić information content (AvgIpc) is 2.79. The number of benzene rings is 2. The van der Waals surface area contributed by atoms with Crippen LogP contribution in [0.4, 0.5) is 18.9 Å². The van der Waals surface area contributed by atoms with Crippen LogP contribution in [0.25, 0.3) is 16.3 Å². The highest BCUT2D eigenvalue weighted by Crippen LogP contribution is 2.45. The number of aliphatic hydroxyl groups is 2. The number of halogens is 3. The lowest BCUT2D eigenvalue weighted by Crippen LogP contribution is -2.38. The van der Waals surface area contributed by atoms with Gasteiger partial charge in [0, 0.05) is 30.0 Å². The van der Waals surface area contributed by atoms with Gasteiger partial charge in [0.15, 0.2) is 5.78 Å². The van der Waals surface area contributed by atoms with E-state index in [0.29, 0.717) is 17.6 Å². The average molecular weight is 460 g/mol. The number of hydrogen-bond acceptors (Lipinski definition) is 5. The standard InChI is InChI=1S/C25H27F3N2O3/c1-16-6-4-5-13-30(16)24-19-8-3-2-7-17(19)9-11-20(24)23(25(26,27)28)21(14-29)22(33)12-10-18(32)15-31/h2-3,7-9,11,16,18,31-32H,4-6,10,12-13,15H2,1H3/b23-21-. The first kappa shape index (κ1) is 24.7. The Bertz CT molecular complexity index is 1090. The highest BCUT2D eigenvalue weighted by atomic mass is 19.4. The number of nitriles is 1. The van der Waals surface area contributed by atoms with E-state index in [4.69, 9.17) is 5.11 Å². The summed E-state index contributed by atoms with van der Waals surface area (Å²) in [7, 11) is 0. The summed E-state index contributed by atoms with van der Waals surface area (Å²) < 4.78 is 43.3. The van der Waals surface area contributed by atoms with Crippen LogP contribution in [0.5, 0.6) is 0 Å². The Kier molecular flexibility index (Phi) is 7.77. The molecule has 1 saturated heterocycles. The van der Waals surface area contributed by atoms with Crippen LogP contribution in [0.1, 0.15) is 44.6 Å². The van der Waals surface area contributed by atoms with Crippen LogP contribution in [0.15, 0.2) is 42.0 Å². The molecule has 176 valence electrons. The zero-order valence-corrected chi connectivity index (χ0v) is 18.4. The van der Waals surface area contributed by atoms with Gasteiger partial charge in [-0.2, -0.15) is 18.4 Å². The monoisotopic (exact) mass is 460 g/mol. The van der Waals surface area contributed by atoms with E-state index in [9.17, 15) is 28.3 Å². The predicted molar refractivity (Wildman–Crippen MR) is 121 cm³/mol. The highest BCUT2D eigenvalue weighted by molar-refractivity contribution is 6.10. The zero-order chi connectivity index (χ0) is 24.2. The molecule has 0 bridgehead atoms. The Hall–Kier alpha value is -2.89. The number of Topliss-reactive ketones (excluding diaryl/α,β-unsaturated/α-hetero) is 1. The van der Waals surface area contributed by atoms with Crippen molar-refractivity contribution in [1.29, 1.82) is 5.26 Å². The van der Waals surface area contributed by atoms with Crippen molar-refractivity contribution in [2.24, 2.45) is 0 Å². The maximum Gasteiger partial charge on any atom is 0.418 e. The van der Waals surface area contributed by atoms with Gasteiger partial charge in [0.05, 0.1) is 24.0 Å². The van der Waals surface area contributed by atoms with Crippen molar-refractivity contribution in [3.8, 4) is 6.07 Å². The van der Waals surface area contributed by atoms with E-state index in [0.717, 1.165) is 24.6 Å². The number of alkyl halides is 3. The summed E-state index contributed by atoms with van der Waals surface area (Å²) in [4.78, 5) is 14.6. The lowest BCUT2D eigenvalue weighted by molar-refractivity contribution is -0.116. The summed E-state index contributed by atoms with van der Waals surface area (Å²) in [6.07, 6.45) is -4.26. The number of carbonyl (C=O) groups excluding carboxylic acids is 1. The van der Waals surface area contributed by atoms with Gasteiger partial charge in [0.25, 0.3) is 0 Å². The number of rotatable bonds is 7. The third kappa shape index (κ3) is 5.37. The van der Waals surface area contributed by atoms with Crippen LogP contribution in [0, 0.1) is 11.3 Å². The first-order valence-corrected chi connectivity index (χ1v) is 11.0. The van der Waals surface area contributed by atoms with E-state index in [-0.39, 0.29) is 18.0 Å². The van der Waals surface area contributed by atoms with E-state index < -0.39 is 42.2 Å². The number of anilines is 1. The molecule has 33 heavy (non-hydrogen) atoms. The van der Waals surface area contributed by atoms with E-state index in [1.807, 2.05) is 24.0 Å². The van der Waals surface area contributed by atoms with Crippen LogP contribution < -0.4 is 4.90 Å². The fraction of sp³-hybridized carbons (Fsp3) is 0.440. The minimum atomic E-state index is -4.95. The molecule has 0 radical (unpaired) electrons. The van der Waals surface area contributed by atoms with Crippen molar-refractivity contribution in [3.05, 3.63) is 47.5 Å². The minimum Gasteiger partial charge on any atom is -0.394 e. The number of ketones is 1. The normalized spacial score (nSPS) is 18.6. The molecule has 0 amide bonds. The predicted octanol–water partition coefficient (Wildman–Crippen LogP) is 4.76. The van der Waals surface area contributed by atoms with Crippen molar-refractivity contribution in [2.75, 3.05) is 18.1 Å². The van der Waals surface area contributed by atoms with Gasteiger partial charge in [-0.05, 0) is 38.0 Å². The van der Waals surface area contributed by atoms with Gasteiger partial charge >= 0.3 is 6.18 Å². The van der Waals surface area contributed by atoms with Gasteiger partial charge in [-0.3, -0.25) is 4.79 Å². The largest absolute Gasteiger partial charge is 0.418 e. The van der Waals surface area contributed by atoms with Gasteiger partial charge in [0.2, 0.25) is 0 Å². The Morgan fingerprint density at radius 2 is 1.97 bits per heavy atom. The fourth-order valence-corrected chi connectivity index (χ4v) is 4.40. The molecule has 8 heteroatoms. The molecule has 5 nitrogen and oxygen atoms in total. The molecule has 0 saturated carbocycles. The Morgan fingerprint density at radius 3 is 2.61 bits per heavy atom. The van der Waals surface area contributed by atoms with Crippen LogP contribution in [-0.2, 0) is 4.79 Å². The van der Waals surface area contributed by atoms with Crippen molar-refractivity contribution in [1.82, 2.24) is 0 Å². The third-order valence-corrected chi connectivity index (χ3v) is 6.10. The number of hydrogen-bond donors (Lipinski definition) is 2. The molecule has 1 aliphatic heterocycles. The van der Waals surface area contributed by atoms with E-state index in [1.54, 1.807) is 18.2 Å². The molecule has 0 aromatic heterocycles. The number of piperidine rings is 1. The maximum absolute atomic E-state index is 14.4. The summed E-state index contributed by atoms with van der Waals surface area (Å²) in [5, 5.41) is 29.5. The molecule has 1 fully saturated rings. The Labute approximate surface area is 190 Å². The summed E-state index contributed by atoms with van der Waals surface area (Å²) >= 11 is 0. The van der Waals surface area contributed by atoms with Crippen LogP contribution in [-0.4, -0.2) is 47.5 Å². The van der Waals surface area contributed by atoms with E-state index >= 15 is 0 Å². The molecule has 0 aliphatic carbocycles. The second kappa shape index (κ2) is 10.4. The quantitative estimate of drug-likeness (QED) is 0.460. The number of fused-ring (bicyclic) bond motifs is 1. The summed E-state index contributed by atoms with van der Waals surface area (Å²) in [6.45, 7) is 1.92. The maximum atomic E-state index is 14.4. The van der Waals surface area contributed by atoms with Crippen molar-refractivity contribution >= 4 is 27.8 Å². The van der Waals surface area contributed by atoms with E-state index in [1.165, 1.54) is 12.1 Å². The summed E-state index contributed by atoms with van der Waals surface area (Å²) in [5.74, 6) is -1.01. The van der Waals surface area contributed by atoms with Gasteiger partial charge in [-0.25, -0.2) is 0 Å². The number of allylic oxidation sites excluding steroid dienone is 2. The number of aliphatic hydroxyl groups excluding tert-OH is 2. The van der Waals surface area contributed by atoms with Crippen molar-refractivity contribution < 1.29 is 28.2 Å². The van der Waals surface area contributed by atoms with Crippen molar-refractivity contribution in [2.45, 2.75) is 57.3 Å². The second-order valence-corrected chi connectivity index (χ2v) is 8.38. The number of carbonyl (C=O) groups is 1. The topological polar surface area (TPSA) is 84.6 Å². The molecule has 2 N–H and O–H groups in total. The summed E-state index contributed by atoms with van der Waals surface area (Å²) in [6, 6.07) is 11.5. The molecular weight excluding hydrogens is 433 g/mol. The van der Waals surface area contributed by atoms with E-state index in [2.05, 4.69) is 0 Å². The van der Waals surface area contributed by atoms with Gasteiger partial charge in [-0.15, -0.1) is 0 Å². The lowest BCUT2D eigenvalue weighted by atomic mass is 9.90. The van der Waals surface area contributed by atoms with Crippen LogP contribution in [0.2, 0.25) is 0 Å². The Morgan fingerprint density at radius 1 is 1.24 bits per heavy atom. The molecular formula is C25H27F3N2O3. The molecule has 2 aromatic carbocycles. The van der Waals surface area contributed by atoms with Crippen molar-refractivity contribution in [3.63, 3.8) is 0 Å². The summed E-state index contributed by atoms with van der Waals surface area (Å²) in [5.41, 5.74) is -2.05. The van der Waals surface area contributed by atoms with Gasteiger partial charge in [-0.1, -0.05) is 36.4 Å². The number of nitrogens with zero attached hydrogens (tertiary/aromatic N) is 2. The van der Waals surface area contributed by atoms with Crippen LogP contribution >= 0.6 is 0 Å². The minimum absolute atomic E-state index is 0.00118. The second-order valence-electron chi connectivity index (χ2n) is 8.38. The van der Waals surface area contributed by atoms with Crippen LogP contribution in [0.3, 0.4) is 0 Å². The molecule has 2 aromatic rings. The smallest absolute Gasteiger partial charge is 0.394 e. The molecule has 1 aliphatic rings. The molecule has 3 rings (SSSR count). The molecule has 2 atom stereocenters. The Balaban J connectivity index is 2.27. The zero-order valence-electron chi connectivity index (χ0n) is 18.4. The SMILES string of the molecule is CC1CCCCN1c1c(/C(=C(\C#N)C(=O)CCC(O)CO)C(F)(F)F)ccc2ccccc12. The highest BCUT2D eigenvalue weighted by Gasteiger charge is 2.41. The first-order chi connectivity index (χ1) is 15.7. The molecule has 1 heterocycles. The van der Waals surface area contributed by atoms with Gasteiger partial charge < -0.3 is 15.1 Å². The molecule has 2 unspecified atom stereocenters. The molecule has 0 spiro atoms.